The van der Waals surface area contributed by atoms with E-state index >= 15 is 0 Å². The van der Waals surface area contributed by atoms with Gasteiger partial charge in [0.2, 0.25) is 0 Å². The van der Waals surface area contributed by atoms with Gasteiger partial charge in [-0.3, -0.25) is 13.8 Å². The quantitative estimate of drug-likeness (QED) is 0.0214. The highest BCUT2D eigenvalue weighted by molar-refractivity contribution is 7.47. The van der Waals surface area contributed by atoms with Crippen LogP contribution in [0.25, 0.3) is 0 Å². The molecule has 0 aromatic carbocycles. The number of phosphoric ester groups is 1. The molecule has 0 aliphatic rings. The van der Waals surface area contributed by atoms with Crippen LogP contribution in [0.4, 0.5) is 0 Å². The van der Waals surface area contributed by atoms with Gasteiger partial charge in [0.05, 0.1) is 34.4 Å². The molecule has 0 saturated heterocycles. The average Bonchev–Trinajstić information content (AvgIpc) is 3.27. The Labute approximate surface area is 403 Å². The molecule has 0 radical (unpaired) electrons. The van der Waals surface area contributed by atoms with Gasteiger partial charge in [-0.25, -0.2) is 4.57 Å². The van der Waals surface area contributed by atoms with Crippen molar-refractivity contribution in [2.75, 3.05) is 54.1 Å². The standard InChI is InChI=1S/C56H106NO7P/c1-6-8-10-12-14-16-18-20-22-24-25-26-27-28-29-30-31-32-34-36-38-40-42-44-46-48-51-61-53-55(54-63-65(59,60)62-52-50-57(3,4)5)64-56(58)49-47-45-43-41-39-37-35-33-23-21-19-17-15-13-11-9-7-2/h18,20-21,23-25,27-28,55H,6-17,19,22,26,29-54H2,1-5H3/p+1/b20-18-,23-21-,25-24-,28-27-. The van der Waals surface area contributed by atoms with Gasteiger partial charge in [-0.2, -0.15) is 0 Å². The molecule has 1 N–H and O–H groups in total. The van der Waals surface area contributed by atoms with Crippen LogP contribution in [0.1, 0.15) is 245 Å². The molecule has 0 bridgehead atoms. The van der Waals surface area contributed by atoms with Gasteiger partial charge >= 0.3 is 13.8 Å². The highest BCUT2D eigenvalue weighted by Crippen LogP contribution is 2.43. The molecule has 0 aliphatic heterocycles. The number of hydrogen-bond donors (Lipinski definition) is 1. The normalized spacial score (nSPS) is 13.9. The molecule has 0 spiro atoms. The molecule has 0 amide bonds. The number of esters is 1. The fourth-order valence-electron chi connectivity index (χ4n) is 7.61. The predicted molar refractivity (Wildman–Crippen MR) is 279 cm³/mol. The summed E-state index contributed by atoms with van der Waals surface area (Å²) in [4.78, 5) is 23.0. The Balaban J connectivity index is 4.09. The molecule has 2 atom stereocenters. The van der Waals surface area contributed by atoms with Crippen molar-refractivity contribution in [3.05, 3.63) is 48.6 Å². The summed E-state index contributed by atoms with van der Waals surface area (Å²) in [6.45, 7) is 5.62. The number of rotatable bonds is 51. The zero-order valence-electron chi connectivity index (χ0n) is 43.5. The zero-order valence-corrected chi connectivity index (χ0v) is 44.4. The third-order valence-electron chi connectivity index (χ3n) is 11.9. The number of carbonyl (C=O) groups excluding carboxylic acids is 1. The number of nitrogens with zero attached hydrogens (tertiary/aromatic N) is 1. The summed E-state index contributed by atoms with van der Waals surface area (Å²) >= 11 is 0. The lowest BCUT2D eigenvalue weighted by Crippen LogP contribution is -2.37. The smallest absolute Gasteiger partial charge is 0.457 e. The molecule has 0 aromatic heterocycles. The van der Waals surface area contributed by atoms with Crippen molar-refractivity contribution in [3.8, 4) is 0 Å². The number of likely N-dealkylation sites (N-methyl/N-ethyl adjacent to an activating group) is 1. The van der Waals surface area contributed by atoms with Crippen molar-refractivity contribution in [3.63, 3.8) is 0 Å². The van der Waals surface area contributed by atoms with E-state index < -0.39 is 13.9 Å². The van der Waals surface area contributed by atoms with Gasteiger partial charge in [0.1, 0.15) is 19.3 Å². The van der Waals surface area contributed by atoms with Crippen LogP contribution < -0.4 is 0 Å². The van der Waals surface area contributed by atoms with Crippen LogP contribution in [0.15, 0.2) is 48.6 Å². The second-order valence-electron chi connectivity index (χ2n) is 19.6. The van der Waals surface area contributed by atoms with Gasteiger partial charge in [-0.15, -0.1) is 0 Å². The molecule has 65 heavy (non-hydrogen) atoms. The first-order valence-corrected chi connectivity index (χ1v) is 28.9. The van der Waals surface area contributed by atoms with Gasteiger partial charge in [0.15, 0.2) is 0 Å². The van der Waals surface area contributed by atoms with Crippen LogP contribution in [0.2, 0.25) is 0 Å². The van der Waals surface area contributed by atoms with Crippen molar-refractivity contribution in [1.82, 2.24) is 0 Å². The molecule has 9 heteroatoms. The first-order chi connectivity index (χ1) is 31.6. The van der Waals surface area contributed by atoms with E-state index in [1.165, 1.54) is 180 Å². The van der Waals surface area contributed by atoms with E-state index in [4.69, 9.17) is 18.5 Å². The Kier molecular flexibility index (Phi) is 47.7. The zero-order chi connectivity index (χ0) is 47.6. The maximum absolute atomic E-state index is 12.8. The molecule has 8 nitrogen and oxygen atoms in total. The molecule has 0 saturated carbocycles. The van der Waals surface area contributed by atoms with E-state index in [-0.39, 0.29) is 25.8 Å². The second-order valence-corrected chi connectivity index (χ2v) is 21.1. The summed E-state index contributed by atoms with van der Waals surface area (Å²) in [6, 6.07) is 0. The number of hydrogen-bond acceptors (Lipinski definition) is 6. The lowest BCUT2D eigenvalue weighted by Gasteiger charge is -2.24. The fourth-order valence-corrected chi connectivity index (χ4v) is 8.36. The van der Waals surface area contributed by atoms with Crippen LogP contribution in [0.3, 0.4) is 0 Å². The summed E-state index contributed by atoms with van der Waals surface area (Å²) in [5, 5.41) is 0. The van der Waals surface area contributed by atoms with Crippen molar-refractivity contribution < 1.29 is 37.3 Å². The minimum Gasteiger partial charge on any atom is -0.457 e. The van der Waals surface area contributed by atoms with Gasteiger partial charge in [0, 0.05) is 13.0 Å². The Morgan fingerprint density at radius 2 is 0.846 bits per heavy atom. The maximum atomic E-state index is 12.8. The summed E-state index contributed by atoms with van der Waals surface area (Å²) in [5.74, 6) is -0.317. The molecule has 0 rings (SSSR count). The molecule has 0 heterocycles. The van der Waals surface area contributed by atoms with Crippen LogP contribution >= 0.6 is 7.82 Å². The molecule has 0 aliphatic carbocycles. The number of unbranched alkanes of at least 4 members (excludes halogenated alkanes) is 29. The number of phosphoric acid groups is 1. The Morgan fingerprint density at radius 3 is 1.28 bits per heavy atom. The van der Waals surface area contributed by atoms with Gasteiger partial charge in [-0.05, 0) is 77.0 Å². The lowest BCUT2D eigenvalue weighted by atomic mass is 10.1. The van der Waals surface area contributed by atoms with E-state index in [0.29, 0.717) is 24.1 Å². The largest absolute Gasteiger partial charge is 0.472 e. The highest BCUT2D eigenvalue weighted by atomic mass is 31.2. The monoisotopic (exact) mass is 937 g/mol. The maximum Gasteiger partial charge on any atom is 0.472 e. The van der Waals surface area contributed by atoms with Crippen LogP contribution in [-0.2, 0) is 27.9 Å². The van der Waals surface area contributed by atoms with Crippen LogP contribution in [0.5, 0.6) is 0 Å². The number of carbonyl (C=O) groups is 1. The van der Waals surface area contributed by atoms with Crippen molar-refractivity contribution >= 4 is 13.8 Å². The molecular weight excluding hydrogens is 830 g/mol. The Hall–Kier alpha value is -1.54. The second kappa shape index (κ2) is 48.9. The average molecular weight is 937 g/mol. The third-order valence-corrected chi connectivity index (χ3v) is 12.8. The first-order valence-electron chi connectivity index (χ1n) is 27.4. The number of ether oxygens (including phenoxy) is 2. The Bertz CT molecular complexity index is 1180. The van der Waals surface area contributed by atoms with Crippen molar-refractivity contribution in [2.45, 2.75) is 251 Å². The van der Waals surface area contributed by atoms with Gasteiger partial charge in [0.25, 0.3) is 0 Å². The number of allylic oxidation sites excluding steroid dienone is 8. The summed E-state index contributed by atoms with van der Waals surface area (Å²) in [5.41, 5.74) is 0. The minimum atomic E-state index is -4.28. The molecule has 2 unspecified atom stereocenters. The SMILES string of the molecule is CCCCCCC/C=C\C/C=C\C/C=C\CCCCCCCCCCCCCOCC(COP(=O)(O)OCC[N+](C)(C)C)OC(=O)CCCCCCCCC/C=C\CCCCCCCC. The summed E-state index contributed by atoms with van der Waals surface area (Å²) < 4.78 is 35.2. The minimum absolute atomic E-state index is 0.0867. The first kappa shape index (κ1) is 63.5. The van der Waals surface area contributed by atoms with E-state index in [2.05, 4.69) is 62.5 Å². The molecule has 0 fully saturated rings. The molecular formula is C56H107NO7P+. The highest BCUT2D eigenvalue weighted by Gasteiger charge is 2.26. The molecule has 0 aromatic rings. The number of quaternary nitrogens is 1. The fraction of sp³-hybridized carbons (Fsp3) is 0.839. The summed E-state index contributed by atoms with van der Waals surface area (Å²) in [6.07, 6.45) is 61.6. The lowest BCUT2D eigenvalue weighted by molar-refractivity contribution is -0.870. The molecule has 382 valence electrons. The summed E-state index contributed by atoms with van der Waals surface area (Å²) in [7, 11) is 1.67. The van der Waals surface area contributed by atoms with Crippen LogP contribution in [0, 0.1) is 0 Å². The van der Waals surface area contributed by atoms with E-state index in [1.54, 1.807) is 0 Å². The van der Waals surface area contributed by atoms with Gasteiger partial charge in [-0.1, -0.05) is 210 Å². The van der Waals surface area contributed by atoms with Crippen LogP contribution in [-0.4, -0.2) is 75.6 Å². The Morgan fingerprint density at radius 1 is 0.477 bits per heavy atom. The topological polar surface area (TPSA) is 91.3 Å². The van der Waals surface area contributed by atoms with E-state index in [9.17, 15) is 14.3 Å². The third kappa shape index (κ3) is 53.3. The van der Waals surface area contributed by atoms with E-state index in [0.717, 1.165) is 44.9 Å². The van der Waals surface area contributed by atoms with Crippen molar-refractivity contribution in [2.24, 2.45) is 0 Å². The van der Waals surface area contributed by atoms with Crippen molar-refractivity contribution in [1.29, 1.82) is 0 Å². The predicted octanol–water partition coefficient (Wildman–Crippen LogP) is 17.1. The van der Waals surface area contributed by atoms with Gasteiger partial charge < -0.3 is 18.9 Å². The van der Waals surface area contributed by atoms with E-state index in [1.807, 2.05) is 21.1 Å².